The van der Waals surface area contributed by atoms with Gasteiger partial charge in [-0.3, -0.25) is 18.6 Å². The lowest BCUT2D eigenvalue weighted by Crippen LogP contribution is -2.53. The molecular formula is C21H24FN3O4S. The maximum absolute atomic E-state index is 13.4. The summed E-state index contributed by atoms with van der Waals surface area (Å²) < 4.78 is 25.8. The molecule has 0 aromatic heterocycles. The maximum Gasteiger partial charge on any atom is 0.243 e. The second-order valence-electron chi connectivity index (χ2n) is 6.70. The molecule has 2 aromatic carbocycles. The van der Waals surface area contributed by atoms with Gasteiger partial charge in [0.15, 0.2) is 0 Å². The van der Waals surface area contributed by atoms with E-state index >= 15 is 0 Å². The molecule has 0 saturated carbocycles. The first-order valence-corrected chi connectivity index (χ1v) is 10.6. The summed E-state index contributed by atoms with van der Waals surface area (Å²) >= 11 is 0. The summed E-state index contributed by atoms with van der Waals surface area (Å²) in [7, 11) is -1.36. The van der Waals surface area contributed by atoms with E-state index in [0.717, 1.165) is 0 Å². The third kappa shape index (κ3) is 7.40. The number of hydrogen-bond donors (Lipinski definition) is 3. The van der Waals surface area contributed by atoms with Gasteiger partial charge in [0.05, 0.1) is 10.8 Å². The van der Waals surface area contributed by atoms with Crippen molar-refractivity contribution < 1.29 is 23.0 Å². The van der Waals surface area contributed by atoms with E-state index < -0.39 is 46.4 Å². The predicted molar refractivity (Wildman–Crippen MR) is 111 cm³/mol. The van der Waals surface area contributed by atoms with E-state index in [1.807, 2.05) is 0 Å². The SMILES string of the molecule is CC(=O)N[C@@H](Cc1cccc(F)c1)C(=O)N[C@H](CC[S@](=O)c1ccccc1)C(N)=O. The van der Waals surface area contributed by atoms with Crippen molar-refractivity contribution in [3.63, 3.8) is 0 Å². The van der Waals surface area contributed by atoms with Crippen molar-refractivity contribution in [1.29, 1.82) is 0 Å². The molecule has 30 heavy (non-hydrogen) atoms. The first kappa shape index (κ1) is 23.2. The number of amides is 3. The Morgan fingerprint density at radius 3 is 2.33 bits per heavy atom. The van der Waals surface area contributed by atoms with Gasteiger partial charge in [0.2, 0.25) is 17.7 Å². The van der Waals surface area contributed by atoms with Gasteiger partial charge in [-0.1, -0.05) is 30.3 Å². The Bertz CT molecular complexity index is 923. The zero-order chi connectivity index (χ0) is 22.1. The minimum atomic E-state index is -1.36. The number of nitrogens with two attached hydrogens (primary N) is 1. The number of benzene rings is 2. The maximum atomic E-state index is 13.4. The number of primary amides is 1. The Morgan fingerprint density at radius 1 is 1.03 bits per heavy atom. The van der Waals surface area contributed by atoms with Gasteiger partial charge in [-0.05, 0) is 36.2 Å². The first-order valence-electron chi connectivity index (χ1n) is 9.31. The van der Waals surface area contributed by atoms with Crippen LogP contribution in [0.25, 0.3) is 0 Å². The van der Waals surface area contributed by atoms with Crippen LogP contribution in [0.3, 0.4) is 0 Å². The van der Waals surface area contributed by atoms with Gasteiger partial charge >= 0.3 is 0 Å². The van der Waals surface area contributed by atoms with Gasteiger partial charge < -0.3 is 16.4 Å². The van der Waals surface area contributed by atoms with Crippen LogP contribution < -0.4 is 16.4 Å². The highest BCUT2D eigenvalue weighted by Crippen LogP contribution is 2.10. The standard InChI is InChI=1S/C21H24FN3O4S/c1-14(26)24-19(13-15-6-5-7-16(22)12-15)21(28)25-18(20(23)27)10-11-30(29)17-8-3-2-4-9-17/h2-9,12,18-19H,10-11,13H2,1H3,(H2,23,27)(H,24,26)(H,25,28)/t18-,19+,30+/m1/s1. The Balaban J connectivity index is 2.04. The lowest BCUT2D eigenvalue weighted by molar-refractivity contribution is -0.130. The monoisotopic (exact) mass is 433 g/mol. The highest BCUT2D eigenvalue weighted by atomic mass is 32.2. The molecule has 3 amide bonds. The summed E-state index contributed by atoms with van der Waals surface area (Å²) in [6.45, 7) is 1.25. The molecule has 0 unspecified atom stereocenters. The lowest BCUT2D eigenvalue weighted by Gasteiger charge is -2.21. The molecule has 160 valence electrons. The minimum Gasteiger partial charge on any atom is -0.368 e. The Kier molecular flexibility index (Phi) is 8.67. The molecule has 0 aliphatic rings. The minimum absolute atomic E-state index is 0.0323. The summed E-state index contributed by atoms with van der Waals surface area (Å²) in [5.41, 5.74) is 5.90. The number of rotatable bonds is 10. The van der Waals surface area contributed by atoms with E-state index in [1.54, 1.807) is 36.4 Å². The van der Waals surface area contributed by atoms with E-state index in [2.05, 4.69) is 10.6 Å². The summed E-state index contributed by atoms with van der Waals surface area (Å²) in [6.07, 6.45) is 0.0972. The molecule has 0 fully saturated rings. The molecule has 0 aliphatic carbocycles. The van der Waals surface area contributed by atoms with Crippen LogP contribution in [0, 0.1) is 5.82 Å². The van der Waals surface area contributed by atoms with Crippen molar-refractivity contribution in [3.05, 3.63) is 66.0 Å². The summed E-state index contributed by atoms with van der Waals surface area (Å²) in [5, 5.41) is 5.00. The zero-order valence-electron chi connectivity index (χ0n) is 16.5. The van der Waals surface area contributed by atoms with E-state index in [4.69, 9.17) is 5.73 Å². The van der Waals surface area contributed by atoms with Crippen molar-refractivity contribution in [2.75, 3.05) is 5.75 Å². The van der Waals surface area contributed by atoms with Gasteiger partial charge in [-0.25, -0.2) is 4.39 Å². The van der Waals surface area contributed by atoms with Crippen LogP contribution in [0.5, 0.6) is 0 Å². The highest BCUT2D eigenvalue weighted by Gasteiger charge is 2.26. The van der Waals surface area contributed by atoms with Crippen LogP contribution in [0.15, 0.2) is 59.5 Å². The lowest BCUT2D eigenvalue weighted by atomic mass is 10.0. The number of nitrogens with one attached hydrogen (secondary N) is 2. The molecule has 3 atom stereocenters. The Labute approximate surface area is 176 Å². The third-order valence-electron chi connectivity index (χ3n) is 4.28. The number of carbonyl (C=O) groups is 3. The van der Waals surface area contributed by atoms with Gasteiger partial charge in [0, 0.05) is 24.0 Å². The molecule has 0 bridgehead atoms. The number of hydrogen-bond acceptors (Lipinski definition) is 4. The Morgan fingerprint density at radius 2 is 1.73 bits per heavy atom. The van der Waals surface area contributed by atoms with Gasteiger partial charge in [0.25, 0.3) is 0 Å². The predicted octanol–water partition coefficient (Wildman–Crippen LogP) is 1.04. The quantitative estimate of drug-likeness (QED) is 0.519. The fraction of sp³-hybridized carbons (Fsp3) is 0.286. The normalized spacial score (nSPS) is 13.7. The second kappa shape index (κ2) is 11.2. The van der Waals surface area contributed by atoms with Crippen molar-refractivity contribution in [2.24, 2.45) is 5.73 Å². The van der Waals surface area contributed by atoms with Crippen LogP contribution in [-0.4, -0.2) is 39.8 Å². The first-order chi connectivity index (χ1) is 14.3. The largest absolute Gasteiger partial charge is 0.368 e. The topological polar surface area (TPSA) is 118 Å². The van der Waals surface area contributed by atoms with Crippen LogP contribution in [0.2, 0.25) is 0 Å². The second-order valence-corrected chi connectivity index (χ2v) is 8.27. The van der Waals surface area contributed by atoms with E-state index in [1.165, 1.54) is 25.1 Å². The van der Waals surface area contributed by atoms with E-state index in [9.17, 15) is 23.0 Å². The summed E-state index contributed by atoms with van der Waals surface area (Å²) in [5.74, 6) is -2.21. The Hall–Kier alpha value is -3.07. The average molecular weight is 434 g/mol. The fourth-order valence-electron chi connectivity index (χ4n) is 2.83. The third-order valence-corrected chi connectivity index (χ3v) is 5.69. The van der Waals surface area contributed by atoms with Crippen molar-refractivity contribution >= 4 is 28.5 Å². The average Bonchev–Trinajstić information content (AvgIpc) is 2.70. The molecule has 2 rings (SSSR count). The van der Waals surface area contributed by atoms with Gasteiger partial charge in [0.1, 0.15) is 17.9 Å². The molecule has 7 nitrogen and oxygen atoms in total. The molecule has 0 spiro atoms. The van der Waals surface area contributed by atoms with Gasteiger partial charge in [-0.15, -0.1) is 0 Å². The highest BCUT2D eigenvalue weighted by molar-refractivity contribution is 7.85. The molecule has 2 aromatic rings. The van der Waals surface area contributed by atoms with Gasteiger partial charge in [-0.2, -0.15) is 0 Å². The number of carbonyl (C=O) groups excluding carboxylic acids is 3. The molecule has 9 heteroatoms. The molecule has 0 heterocycles. The van der Waals surface area contributed by atoms with E-state index in [-0.39, 0.29) is 18.6 Å². The van der Waals surface area contributed by atoms with Crippen LogP contribution in [0.1, 0.15) is 18.9 Å². The molecular weight excluding hydrogens is 409 g/mol. The van der Waals surface area contributed by atoms with Crippen molar-refractivity contribution in [3.8, 4) is 0 Å². The number of halogens is 1. The smallest absolute Gasteiger partial charge is 0.243 e. The van der Waals surface area contributed by atoms with Crippen LogP contribution >= 0.6 is 0 Å². The molecule has 4 N–H and O–H groups in total. The molecule has 0 saturated heterocycles. The van der Waals surface area contributed by atoms with Crippen LogP contribution in [-0.2, 0) is 31.6 Å². The fourth-order valence-corrected chi connectivity index (χ4v) is 3.97. The van der Waals surface area contributed by atoms with Crippen molar-refractivity contribution in [1.82, 2.24) is 10.6 Å². The molecule has 0 radical (unpaired) electrons. The van der Waals surface area contributed by atoms with E-state index in [0.29, 0.717) is 10.5 Å². The van der Waals surface area contributed by atoms with Crippen LogP contribution in [0.4, 0.5) is 4.39 Å². The van der Waals surface area contributed by atoms with Crippen molar-refractivity contribution in [2.45, 2.75) is 36.7 Å². The summed E-state index contributed by atoms with van der Waals surface area (Å²) in [4.78, 5) is 36.6. The summed E-state index contributed by atoms with van der Waals surface area (Å²) in [6, 6.07) is 12.3. The zero-order valence-corrected chi connectivity index (χ0v) is 17.3. The molecule has 0 aliphatic heterocycles.